The van der Waals surface area contributed by atoms with Crippen LogP contribution in [0.2, 0.25) is 0 Å². The van der Waals surface area contributed by atoms with Crippen LogP contribution < -0.4 is 5.32 Å². The number of halogens is 1. The molecule has 0 radical (unpaired) electrons. The fraction of sp³-hybridized carbons (Fsp3) is 0.750. The normalized spacial score (nSPS) is 21.4. The maximum Gasteiger partial charge on any atom is 0.274 e. The van der Waals surface area contributed by atoms with Gasteiger partial charge in [0.2, 0.25) is 0 Å². The zero-order chi connectivity index (χ0) is 14.8. The van der Waals surface area contributed by atoms with Crippen LogP contribution in [0.5, 0.6) is 0 Å². The molecule has 1 amide bonds. The summed E-state index contributed by atoms with van der Waals surface area (Å²) in [7, 11) is 0. The average molecular weight is 327 g/mol. The number of fused-ring (bicyclic) bond motifs is 1. The predicted molar refractivity (Wildman–Crippen MR) is 89.3 cm³/mol. The maximum absolute atomic E-state index is 12.8. The van der Waals surface area contributed by atoms with Crippen LogP contribution in [0.1, 0.15) is 54.9 Å². The van der Waals surface area contributed by atoms with E-state index in [0.717, 1.165) is 50.3 Å². The number of rotatable bonds is 3. The van der Waals surface area contributed by atoms with Gasteiger partial charge in [-0.05, 0) is 31.1 Å². The van der Waals surface area contributed by atoms with E-state index < -0.39 is 0 Å². The molecule has 124 valence electrons. The highest BCUT2D eigenvalue weighted by atomic mass is 35.5. The third kappa shape index (κ3) is 3.63. The minimum atomic E-state index is 0. The molecule has 22 heavy (non-hydrogen) atoms. The minimum Gasteiger partial charge on any atom is -0.337 e. The summed E-state index contributed by atoms with van der Waals surface area (Å²) in [6.45, 7) is 8.01. The number of nitrogens with zero attached hydrogens (tertiary/aromatic N) is 2. The van der Waals surface area contributed by atoms with Gasteiger partial charge in [-0.3, -0.25) is 9.89 Å². The van der Waals surface area contributed by atoms with E-state index in [2.05, 4.69) is 29.4 Å². The fourth-order valence-electron chi connectivity index (χ4n) is 3.66. The molecule has 0 bridgehead atoms. The molecule has 0 saturated carbocycles. The Morgan fingerprint density at radius 1 is 1.45 bits per heavy atom. The summed E-state index contributed by atoms with van der Waals surface area (Å²) in [5.74, 6) is 1.47. The fourth-order valence-corrected chi connectivity index (χ4v) is 3.66. The summed E-state index contributed by atoms with van der Waals surface area (Å²) >= 11 is 0. The van der Waals surface area contributed by atoms with Crippen molar-refractivity contribution in [3.8, 4) is 0 Å². The van der Waals surface area contributed by atoms with Gasteiger partial charge in [0.15, 0.2) is 5.69 Å². The number of nitrogens with one attached hydrogen (secondary N) is 2. The molecular weight excluding hydrogens is 300 g/mol. The van der Waals surface area contributed by atoms with Gasteiger partial charge in [0.25, 0.3) is 5.91 Å². The topological polar surface area (TPSA) is 61.0 Å². The number of likely N-dealkylation sites (tertiary alicyclic amines) is 1. The lowest BCUT2D eigenvalue weighted by Crippen LogP contribution is -2.41. The van der Waals surface area contributed by atoms with Crippen molar-refractivity contribution in [3.05, 3.63) is 17.0 Å². The smallest absolute Gasteiger partial charge is 0.274 e. The Morgan fingerprint density at radius 2 is 2.27 bits per heavy atom. The maximum atomic E-state index is 12.8. The first-order chi connectivity index (χ1) is 10.1. The van der Waals surface area contributed by atoms with Gasteiger partial charge in [0.1, 0.15) is 0 Å². The zero-order valence-corrected chi connectivity index (χ0v) is 14.3. The van der Waals surface area contributed by atoms with Crippen molar-refractivity contribution in [1.82, 2.24) is 20.4 Å². The van der Waals surface area contributed by atoms with Crippen LogP contribution in [0.15, 0.2) is 0 Å². The van der Waals surface area contributed by atoms with Gasteiger partial charge < -0.3 is 10.2 Å². The SMILES string of the molecule is CC(C)CC1CCCN(C(=O)c2n[nH]c3c2CNCC3)C1.Cl. The average Bonchev–Trinajstić information content (AvgIpc) is 2.90. The Kier molecular flexibility index (Phi) is 5.87. The van der Waals surface area contributed by atoms with Crippen molar-refractivity contribution in [2.24, 2.45) is 11.8 Å². The van der Waals surface area contributed by atoms with Gasteiger partial charge in [0, 0.05) is 43.9 Å². The molecule has 2 N–H and O–H groups in total. The summed E-state index contributed by atoms with van der Waals surface area (Å²) in [6, 6.07) is 0. The van der Waals surface area contributed by atoms with E-state index in [1.807, 2.05) is 4.90 Å². The first kappa shape index (κ1) is 17.3. The Bertz CT molecular complexity index is 514. The van der Waals surface area contributed by atoms with Crippen molar-refractivity contribution in [1.29, 1.82) is 0 Å². The van der Waals surface area contributed by atoms with E-state index >= 15 is 0 Å². The summed E-state index contributed by atoms with van der Waals surface area (Å²) in [6.07, 6.45) is 4.52. The number of carbonyl (C=O) groups is 1. The molecule has 3 heterocycles. The standard InChI is InChI=1S/C16H26N4O.ClH/c1-11(2)8-12-4-3-7-20(10-12)16(21)15-13-9-17-6-5-14(13)18-19-15;/h11-12,17H,3-10H2,1-2H3,(H,18,19);1H. The Balaban J connectivity index is 0.00000176. The summed E-state index contributed by atoms with van der Waals surface area (Å²) in [4.78, 5) is 14.8. The molecule has 1 atom stereocenters. The van der Waals surface area contributed by atoms with Crippen LogP contribution in [0.4, 0.5) is 0 Å². The summed E-state index contributed by atoms with van der Waals surface area (Å²) in [5, 5.41) is 10.7. The number of amides is 1. The van der Waals surface area contributed by atoms with Crippen LogP contribution in [-0.4, -0.2) is 40.6 Å². The third-order valence-corrected chi connectivity index (χ3v) is 4.62. The second kappa shape index (κ2) is 7.47. The highest BCUT2D eigenvalue weighted by Crippen LogP contribution is 2.25. The van der Waals surface area contributed by atoms with Gasteiger partial charge in [-0.2, -0.15) is 5.10 Å². The molecule has 2 aliphatic rings. The molecule has 1 fully saturated rings. The van der Waals surface area contributed by atoms with Gasteiger partial charge in [-0.15, -0.1) is 12.4 Å². The van der Waals surface area contributed by atoms with Crippen molar-refractivity contribution < 1.29 is 4.79 Å². The molecule has 1 aromatic rings. The molecule has 6 heteroatoms. The van der Waals surface area contributed by atoms with Crippen molar-refractivity contribution in [3.63, 3.8) is 0 Å². The second-order valence-electron chi connectivity index (χ2n) is 6.85. The molecule has 5 nitrogen and oxygen atoms in total. The number of carbonyl (C=O) groups excluding carboxylic acids is 1. The van der Waals surface area contributed by atoms with Crippen LogP contribution in [-0.2, 0) is 13.0 Å². The van der Waals surface area contributed by atoms with E-state index in [9.17, 15) is 4.79 Å². The van der Waals surface area contributed by atoms with Crippen LogP contribution >= 0.6 is 12.4 Å². The number of hydrogen-bond donors (Lipinski definition) is 2. The molecule has 0 spiro atoms. The quantitative estimate of drug-likeness (QED) is 0.896. The summed E-state index contributed by atoms with van der Waals surface area (Å²) < 4.78 is 0. The van der Waals surface area contributed by atoms with Crippen molar-refractivity contribution >= 4 is 18.3 Å². The van der Waals surface area contributed by atoms with Crippen LogP contribution in [0.25, 0.3) is 0 Å². The number of aromatic nitrogens is 2. The highest BCUT2D eigenvalue weighted by Gasteiger charge is 2.29. The monoisotopic (exact) mass is 326 g/mol. The predicted octanol–water partition coefficient (Wildman–Crippen LogP) is 2.38. The number of hydrogen-bond acceptors (Lipinski definition) is 3. The van der Waals surface area contributed by atoms with Gasteiger partial charge in [0.05, 0.1) is 0 Å². The number of piperidine rings is 1. The second-order valence-corrected chi connectivity index (χ2v) is 6.85. The molecular formula is C16H27ClN4O. The first-order valence-electron chi connectivity index (χ1n) is 8.21. The van der Waals surface area contributed by atoms with Gasteiger partial charge >= 0.3 is 0 Å². The van der Waals surface area contributed by atoms with Crippen LogP contribution in [0.3, 0.4) is 0 Å². The largest absolute Gasteiger partial charge is 0.337 e. The third-order valence-electron chi connectivity index (χ3n) is 4.62. The zero-order valence-electron chi connectivity index (χ0n) is 13.5. The summed E-state index contributed by atoms with van der Waals surface area (Å²) in [5.41, 5.74) is 2.85. The molecule has 3 rings (SSSR count). The van der Waals surface area contributed by atoms with Crippen molar-refractivity contribution in [2.45, 2.75) is 46.1 Å². The van der Waals surface area contributed by atoms with Gasteiger partial charge in [-0.1, -0.05) is 13.8 Å². The van der Waals surface area contributed by atoms with E-state index in [0.29, 0.717) is 17.5 Å². The van der Waals surface area contributed by atoms with Crippen molar-refractivity contribution in [2.75, 3.05) is 19.6 Å². The van der Waals surface area contributed by atoms with Crippen LogP contribution in [0, 0.1) is 11.8 Å². The number of H-pyrrole nitrogens is 1. The lowest BCUT2D eigenvalue weighted by Gasteiger charge is -2.33. The van der Waals surface area contributed by atoms with Gasteiger partial charge in [-0.25, -0.2) is 0 Å². The molecule has 1 aromatic heterocycles. The molecule has 0 aliphatic carbocycles. The lowest BCUT2D eigenvalue weighted by molar-refractivity contribution is 0.0652. The van der Waals surface area contributed by atoms with E-state index in [1.54, 1.807) is 0 Å². The highest BCUT2D eigenvalue weighted by molar-refractivity contribution is 5.94. The Labute approximate surface area is 138 Å². The minimum absolute atomic E-state index is 0. The molecule has 0 aromatic carbocycles. The lowest BCUT2D eigenvalue weighted by atomic mass is 9.89. The van der Waals surface area contributed by atoms with E-state index in [4.69, 9.17) is 0 Å². The number of aromatic amines is 1. The van der Waals surface area contributed by atoms with E-state index in [-0.39, 0.29) is 18.3 Å². The first-order valence-corrected chi connectivity index (χ1v) is 8.21. The molecule has 2 aliphatic heterocycles. The molecule has 1 unspecified atom stereocenters. The van der Waals surface area contributed by atoms with E-state index in [1.165, 1.54) is 12.8 Å². The Morgan fingerprint density at radius 3 is 3.05 bits per heavy atom. The molecule has 1 saturated heterocycles. The Hall–Kier alpha value is -1.07.